The summed E-state index contributed by atoms with van der Waals surface area (Å²) in [6, 6.07) is 12.6. The van der Waals surface area contributed by atoms with E-state index in [0.717, 1.165) is 5.69 Å². The number of halogens is 1. The minimum Gasteiger partial charge on any atom is -0.444 e. The number of piperazine rings is 1. The van der Waals surface area contributed by atoms with Crippen molar-refractivity contribution in [2.24, 2.45) is 0 Å². The maximum Gasteiger partial charge on any atom is 0.410 e. The summed E-state index contributed by atoms with van der Waals surface area (Å²) in [6.07, 6.45) is -0.323. The number of nitrogens with zero attached hydrogens (tertiary/aromatic N) is 4. The number of fused-ring (bicyclic) bond motifs is 1. The third-order valence-electron chi connectivity index (χ3n) is 6.07. The Hall–Kier alpha value is -3.59. The predicted octanol–water partition coefficient (Wildman–Crippen LogP) is 4.30. The molecule has 2 amide bonds. The number of hydrogen-bond acceptors (Lipinski definition) is 6. The molecule has 0 aliphatic carbocycles. The van der Waals surface area contributed by atoms with Gasteiger partial charge in [0, 0.05) is 48.5 Å². The Kier molecular flexibility index (Phi) is 7.97. The van der Waals surface area contributed by atoms with Gasteiger partial charge in [0.15, 0.2) is 0 Å². The van der Waals surface area contributed by atoms with Crippen molar-refractivity contribution in [3.8, 4) is 11.4 Å². The van der Waals surface area contributed by atoms with Gasteiger partial charge in [0.25, 0.3) is 5.56 Å². The molecule has 3 aromatic rings. The fourth-order valence-corrected chi connectivity index (χ4v) is 4.58. The first-order valence-electron chi connectivity index (χ1n) is 12.7. The van der Waals surface area contributed by atoms with Gasteiger partial charge in [-0.25, -0.2) is 9.78 Å². The summed E-state index contributed by atoms with van der Waals surface area (Å²) < 4.78 is 6.89. The van der Waals surface area contributed by atoms with E-state index in [4.69, 9.17) is 21.3 Å². The van der Waals surface area contributed by atoms with Crippen molar-refractivity contribution in [1.82, 2.24) is 19.8 Å². The minimum absolute atomic E-state index is 0.0628. The van der Waals surface area contributed by atoms with E-state index < -0.39 is 5.60 Å². The van der Waals surface area contributed by atoms with Crippen LogP contribution in [0.5, 0.6) is 0 Å². The number of amides is 2. The van der Waals surface area contributed by atoms with Gasteiger partial charge in [-0.15, -0.1) is 0 Å². The summed E-state index contributed by atoms with van der Waals surface area (Å²) in [5.41, 5.74) is 1.18. The normalized spacial score (nSPS) is 14.2. The molecule has 1 saturated heterocycles. The van der Waals surface area contributed by atoms with Crippen LogP contribution in [-0.4, -0.2) is 64.3 Å². The lowest BCUT2D eigenvalue weighted by molar-refractivity contribution is -0.122. The lowest BCUT2D eigenvalue weighted by Crippen LogP contribution is -2.50. The first kappa shape index (κ1) is 27.4. The molecular formula is C28H34ClN5O4. The van der Waals surface area contributed by atoms with E-state index in [1.807, 2.05) is 58.9 Å². The zero-order valence-electron chi connectivity index (χ0n) is 22.5. The summed E-state index contributed by atoms with van der Waals surface area (Å²) in [6.45, 7) is 11.3. The lowest BCUT2D eigenvalue weighted by atomic mass is 10.1. The number of ether oxygens (including phenoxy) is 1. The molecular weight excluding hydrogens is 506 g/mol. The molecule has 1 N–H and O–H groups in total. The van der Waals surface area contributed by atoms with Gasteiger partial charge in [-0.3, -0.25) is 14.2 Å². The van der Waals surface area contributed by atoms with Crippen LogP contribution < -0.4 is 15.8 Å². The molecule has 202 valence electrons. The monoisotopic (exact) mass is 539 g/mol. The zero-order valence-corrected chi connectivity index (χ0v) is 23.2. The smallest absolute Gasteiger partial charge is 0.410 e. The molecule has 10 heteroatoms. The summed E-state index contributed by atoms with van der Waals surface area (Å²) >= 11 is 6.22. The molecule has 0 unspecified atom stereocenters. The number of benzene rings is 2. The van der Waals surface area contributed by atoms with Crippen molar-refractivity contribution >= 4 is 40.2 Å². The summed E-state index contributed by atoms with van der Waals surface area (Å²) in [4.78, 5) is 47.5. The van der Waals surface area contributed by atoms with E-state index in [0.29, 0.717) is 53.5 Å². The fourth-order valence-electron chi connectivity index (χ4n) is 4.39. The first-order valence-corrected chi connectivity index (χ1v) is 13.1. The van der Waals surface area contributed by atoms with Crippen molar-refractivity contribution in [2.75, 3.05) is 31.1 Å². The van der Waals surface area contributed by atoms with Crippen molar-refractivity contribution in [1.29, 1.82) is 0 Å². The number of anilines is 1. The molecule has 0 radical (unpaired) electrons. The fraction of sp³-hybridized carbons (Fsp3) is 0.429. The number of carbonyl (C=O) groups excluding carboxylic acids is 2. The van der Waals surface area contributed by atoms with Crippen molar-refractivity contribution in [2.45, 2.75) is 52.8 Å². The van der Waals surface area contributed by atoms with Gasteiger partial charge in [-0.2, -0.15) is 0 Å². The Bertz CT molecular complexity index is 1400. The summed E-state index contributed by atoms with van der Waals surface area (Å²) in [5, 5.41) is 3.77. The highest BCUT2D eigenvalue weighted by atomic mass is 35.5. The number of carbonyl (C=O) groups is 2. The number of aromatic nitrogens is 2. The predicted molar refractivity (Wildman–Crippen MR) is 150 cm³/mol. The molecule has 9 nitrogen and oxygen atoms in total. The average molecular weight is 540 g/mol. The third-order valence-corrected chi connectivity index (χ3v) is 6.30. The SMILES string of the molecule is CC(C)NC(=O)Cn1c(-c2cccc(Cl)c2)nc2ccc(N3CCN(C(=O)OC(C)(C)C)CC3)cc2c1=O. The first-order chi connectivity index (χ1) is 17.9. The van der Waals surface area contributed by atoms with Crippen LogP contribution in [-0.2, 0) is 16.1 Å². The number of rotatable bonds is 5. The van der Waals surface area contributed by atoms with Gasteiger partial charge in [0.1, 0.15) is 18.0 Å². The molecule has 0 spiro atoms. The highest BCUT2D eigenvalue weighted by Crippen LogP contribution is 2.25. The van der Waals surface area contributed by atoms with Gasteiger partial charge >= 0.3 is 6.09 Å². The van der Waals surface area contributed by atoms with Crippen molar-refractivity contribution in [3.63, 3.8) is 0 Å². The largest absolute Gasteiger partial charge is 0.444 e. The molecule has 1 aromatic heterocycles. The van der Waals surface area contributed by atoms with Crippen molar-refractivity contribution < 1.29 is 14.3 Å². The van der Waals surface area contributed by atoms with Gasteiger partial charge < -0.3 is 19.9 Å². The average Bonchev–Trinajstić information content (AvgIpc) is 2.84. The van der Waals surface area contributed by atoms with Crippen LogP contribution in [0.2, 0.25) is 5.02 Å². The highest BCUT2D eigenvalue weighted by molar-refractivity contribution is 6.30. The maximum absolute atomic E-state index is 13.8. The Morgan fingerprint density at radius 1 is 1.08 bits per heavy atom. The molecule has 4 rings (SSSR count). The van der Waals surface area contributed by atoms with Crippen LogP contribution in [0.1, 0.15) is 34.6 Å². The Balaban J connectivity index is 1.66. The van der Waals surface area contributed by atoms with Crippen LogP contribution in [0.4, 0.5) is 10.5 Å². The Morgan fingerprint density at radius 2 is 1.79 bits per heavy atom. The second kappa shape index (κ2) is 11.0. The van der Waals surface area contributed by atoms with Crippen LogP contribution in [0.3, 0.4) is 0 Å². The van der Waals surface area contributed by atoms with E-state index in [9.17, 15) is 14.4 Å². The quantitative estimate of drug-likeness (QED) is 0.519. The van der Waals surface area contributed by atoms with E-state index in [1.54, 1.807) is 23.1 Å². The van der Waals surface area contributed by atoms with Gasteiger partial charge in [-0.1, -0.05) is 23.7 Å². The molecule has 1 fully saturated rings. The molecule has 0 saturated carbocycles. The van der Waals surface area contributed by atoms with Crippen LogP contribution >= 0.6 is 11.6 Å². The Morgan fingerprint density at radius 3 is 2.42 bits per heavy atom. The van der Waals surface area contributed by atoms with Gasteiger partial charge in [0.2, 0.25) is 5.91 Å². The van der Waals surface area contributed by atoms with Crippen molar-refractivity contribution in [3.05, 3.63) is 57.8 Å². The van der Waals surface area contributed by atoms with Crippen LogP contribution in [0.15, 0.2) is 47.3 Å². The second-order valence-corrected chi connectivity index (χ2v) is 11.2. The van der Waals surface area contributed by atoms with Crippen LogP contribution in [0, 0.1) is 0 Å². The van der Waals surface area contributed by atoms with Gasteiger partial charge in [-0.05, 0) is 65.0 Å². The molecule has 2 aromatic carbocycles. The standard InChI is InChI=1S/C28H34ClN5O4/c1-18(2)30-24(35)17-34-25(19-7-6-8-20(29)15-19)31-23-10-9-21(16-22(23)26(34)36)32-11-13-33(14-12-32)27(37)38-28(3,4)5/h6-10,15-16,18H,11-14,17H2,1-5H3,(H,30,35). The molecule has 0 atom stereocenters. The topological polar surface area (TPSA) is 96.8 Å². The van der Waals surface area contributed by atoms with Gasteiger partial charge in [0.05, 0.1) is 10.9 Å². The number of hydrogen-bond donors (Lipinski definition) is 1. The Labute approximate surface area is 227 Å². The van der Waals surface area contributed by atoms with E-state index in [1.165, 1.54) is 4.57 Å². The molecule has 0 bridgehead atoms. The zero-order chi connectivity index (χ0) is 27.6. The van der Waals surface area contributed by atoms with E-state index in [2.05, 4.69) is 10.2 Å². The number of nitrogens with one attached hydrogen (secondary N) is 1. The molecule has 1 aliphatic heterocycles. The van der Waals surface area contributed by atoms with E-state index >= 15 is 0 Å². The van der Waals surface area contributed by atoms with E-state index in [-0.39, 0.29) is 30.1 Å². The minimum atomic E-state index is -0.546. The lowest BCUT2D eigenvalue weighted by Gasteiger charge is -2.36. The maximum atomic E-state index is 13.8. The molecule has 1 aliphatic rings. The molecule has 2 heterocycles. The second-order valence-electron chi connectivity index (χ2n) is 10.7. The summed E-state index contributed by atoms with van der Waals surface area (Å²) in [7, 11) is 0. The van der Waals surface area contributed by atoms with Crippen LogP contribution in [0.25, 0.3) is 22.3 Å². The third kappa shape index (κ3) is 6.45. The highest BCUT2D eigenvalue weighted by Gasteiger charge is 2.26. The summed E-state index contributed by atoms with van der Waals surface area (Å²) in [5.74, 6) is 0.101. The molecule has 38 heavy (non-hydrogen) atoms.